The second kappa shape index (κ2) is 4.70. The molecule has 0 bridgehead atoms. The molecule has 6 nitrogen and oxygen atoms in total. The Bertz CT molecular complexity index is 437. The molecule has 7 heteroatoms. The Kier molecular flexibility index (Phi) is 3.16. The molecule has 2 amide bonds. The van der Waals surface area contributed by atoms with Crippen molar-refractivity contribution in [2.45, 2.75) is 30.7 Å². The molecule has 2 aliphatic heterocycles. The molecule has 2 saturated heterocycles. The molecule has 19 heavy (non-hydrogen) atoms. The van der Waals surface area contributed by atoms with Gasteiger partial charge in [0.05, 0.1) is 11.3 Å². The molecule has 1 aliphatic carbocycles. The Morgan fingerprint density at radius 3 is 2.63 bits per heavy atom. The highest BCUT2D eigenvalue weighted by Crippen LogP contribution is 2.46. The number of thioether (sulfide) groups is 1. The standard InChI is InChI=1S/C12H16N2O4S/c15-9-3-7(4-13-9)10(16)14-8(12(17)18)5-19-11(14)6-1-2-6/h6-8,11H,1-5H2,(H,13,15)(H,17,18). The minimum absolute atomic E-state index is 0.00991. The lowest BCUT2D eigenvalue weighted by molar-refractivity contribution is -0.151. The maximum absolute atomic E-state index is 12.5. The second-order valence-electron chi connectivity index (χ2n) is 5.37. The van der Waals surface area contributed by atoms with Crippen molar-refractivity contribution in [3.63, 3.8) is 0 Å². The van der Waals surface area contributed by atoms with Crippen LogP contribution >= 0.6 is 11.8 Å². The molecule has 0 aromatic carbocycles. The van der Waals surface area contributed by atoms with E-state index in [1.165, 1.54) is 4.90 Å². The van der Waals surface area contributed by atoms with Gasteiger partial charge in [-0.15, -0.1) is 11.8 Å². The first kappa shape index (κ1) is 12.8. The fourth-order valence-corrected chi connectivity index (χ4v) is 4.37. The van der Waals surface area contributed by atoms with Crippen LogP contribution in [0.5, 0.6) is 0 Å². The fraction of sp³-hybridized carbons (Fsp3) is 0.750. The number of rotatable bonds is 3. The average molecular weight is 284 g/mol. The fourth-order valence-electron chi connectivity index (χ4n) is 2.73. The molecular formula is C12H16N2O4S. The number of aliphatic carboxylic acids is 1. The van der Waals surface area contributed by atoms with Gasteiger partial charge in [0.15, 0.2) is 0 Å². The van der Waals surface area contributed by atoms with E-state index in [1.807, 2.05) is 0 Å². The number of carbonyl (C=O) groups excluding carboxylic acids is 2. The van der Waals surface area contributed by atoms with Crippen LogP contribution in [-0.4, -0.2) is 51.5 Å². The van der Waals surface area contributed by atoms with E-state index in [1.54, 1.807) is 11.8 Å². The van der Waals surface area contributed by atoms with E-state index >= 15 is 0 Å². The molecule has 3 unspecified atom stereocenters. The molecule has 0 aromatic rings. The van der Waals surface area contributed by atoms with Gasteiger partial charge in [0.25, 0.3) is 0 Å². The summed E-state index contributed by atoms with van der Waals surface area (Å²) in [5.74, 6) is -0.747. The highest BCUT2D eigenvalue weighted by atomic mass is 32.2. The van der Waals surface area contributed by atoms with Crippen LogP contribution in [0, 0.1) is 11.8 Å². The predicted octanol–water partition coefficient (Wildman–Crippen LogP) is -0.113. The number of amides is 2. The molecule has 3 atom stereocenters. The minimum Gasteiger partial charge on any atom is -0.480 e. The molecule has 0 radical (unpaired) electrons. The van der Waals surface area contributed by atoms with Crippen LogP contribution in [0.15, 0.2) is 0 Å². The molecule has 3 rings (SSSR count). The van der Waals surface area contributed by atoms with Crippen LogP contribution in [0.1, 0.15) is 19.3 Å². The van der Waals surface area contributed by atoms with Gasteiger partial charge in [0.2, 0.25) is 11.8 Å². The maximum Gasteiger partial charge on any atom is 0.327 e. The minimum atomic E-state index is -0.943. The molecule has 0 spiro atoms. The summed E-state index contributed by atoms with van der Waals surface area (Å²) < 4.78 is 0. The first-order valence-electron chi connectivity index (χ1n) is 6.51. The van der Waals surface area contributed by atoms with E-state index in [9.17, 15) is 19.5 Å². The van der Waals surface area contributed by atoms with E-state index in [0.29, 0.717) is 18.2 Å². The van der Waals surface area contributed by atoms with Gasteiger partial charge in [-0.05, 0) is 18.8 Å². The van der Waals surface area contributed by atoms with Gasteiger partial charge in [-0.1, -0.05) is 0 Å². The number of nitrogens with one attached hydrogen (secondary N) is 1. The average Bonchev–Trinajstić information content (AvgIpc) is 2.96. The normalized spacial score (nSPS) is 34.4. The van der Waals surface area contributed by atoms with Gasteiger partial charge in [-0.25, -0.2) is 4.79 Å². The topological polar surface area (TPSA) is 86.7 Å². The summed E-state index contributed by atoms with van der Waals surface area (Å²) in [6.45, 7) is 0.336. The quantitative estimate of drug-likeness (QED) is 0.755. The van der Waals surface area contributed by atoms with E-state index in [4.69, 9.17) is 0 Å². The van der Waals surface area contributed by atoms with Gasteiger partial charge in [0.1, 0.15) is 6.04 Å². The van der Waals surface area contributed by atoms with Crippen molar-refractivity contribution in [2.24, 2.45) is 11.8 Å². The van der Waals surface area contributed by atoms with Crippen LogP contribution in [-0.2, 0) is 14.4 Å². The SMILES string of the molecule is O=C1CC(C(=O)N2C(C(=O)O)CSC2C2CC2)CN1. The van der Waals surface area contributed by atoms with Crippen LogP contribution in [0.4, 0.5) is 0 Å². The Labute approximate surface area is 114 Å². The summed E-state index contributed by atoms with van der Waals surface area (Å²) in [7, 11) is 0. The zero-order valence-corrected chi connectivity index (χ0v) is 11.2. The number of carboxylic acids is 1. The largest absolute Gasteiger partial charge is 0.480 e. The number of carbonyl (C=O) groups is 3. The van der Waals surface area contributed by atoms with Gasteiger partial charge in [-0.2, -0.15) is 0 Å². The third kappa shape index (κ3) is 2.31. The van der Waals surface area contributed by atoms with Crippen LogP contribution in [0.2, 0.25) is 0 Å². The maximum atomic E-state index is 12.5. The van der Waals surface area contributed by atoms with Crippen molar-refractivity contribution in [1.29, 1.82) is 0 Å². The summed E-state index contributed by atoms with van der Waals surface area (Å²) in [4.78, 5) is 36.6. The lowest BCUT2D eigenvalue weighted by Gasteiger charge is -2.29. The third-order valence-corrected chi connectivity index (χ3v) is 5.39. The van der Waals surface area contributed by atoms with Crippen molar-refractivity contribution >= 4 is 29.5 Å². The van der Waals surface area contributed by atoms with Crippen molar-refractivity contribution in [3.05, 3.63) is 0 Å². The van der Waals surface area contributed by atoms with E-state index < -0.39 is 17.9 Å². The summed E-state index contributed by atoms with van der Waals surface area (Å²) in [5, 5.41) is 11.9. The van der Waals surface area contributed by atoms with Crippen molar-refractivity contribution in [3.8, 4) is 0 Å². The lowest BCUT2D eigenvalue weighted by Crippen LogP contribution is -2.49. The summed E-state index contributed by atoms with van der Waals surface area (Å²) in [6, 6.07) is -0.737. The molecular weight excluding hydrogens is 268 g/mol. The van der Waals surface area contributed by atoms with Gasteiger partial charge < -0.3 is 15.3 Å². The second-order valence-corrected chi connectivity index (χ2v) is 6.52. The molecule has 1 saturated carbocycles. The number of carboxylic acid groups (broad SMARTS) is 1. The van der Waals surface area contributed by atoms with Crippen LogP contribution in [0.25, 0.3) is 0 Å². The summed E-state index contributed by atoms with van der Waals surface area (Å²) >= 11 is 1.56. The molecule has 3 fully saturated rings. The first-order valence-corrected chi connectivity index (χ1v) is 7.56. The van der Waals surface area contributed by atoms with Crippen LogP contribution in [0.3, 0.4) is 0 Å². The third-order valence-electron chi connectivity index (χ3n) is 3.93. The number of nitrogens with zero attached hydrogens (tertiary/aromatic N) is 1. The molecule has 2 heterocycles. The Balaban J connectivity index is 1.78. The lowest BCUT2D eigenvalue weighted by atomic mass is 10.1. The Morgan fingerprint density at radius 1 is 1.37 bits per heavy atom. The molecule has 104 valence electrons. The van der Waals surface area contributed by atoms with Crippen molar-refractivity contribution in [2.75, 3.05) is 12.3 Å². The van der Waals surface area contributed by atoms with Gasteiger partial charge in [-0.3, -0.25) is 9.59 Å². The predicted molar refractivity (Wildman–Crippen MR) is 68.4 cm³/mol. The monoisotopic (exact) mass is 284 g/mol. The van der Waals surface area contributed by atoms with Crippen molar-refractivity contribution < 1.29 is 19.5 Å². The Hall–Kier alpha value is -1.24. The summed E-state index contributed by atoms with van der Waals surface area (Å²) in [6.07, 6.45) is 2.31. The van der Waals surface area contributed by atoms with Crippen molar-refractivity contribution in [1.82, 2.24) is 10.2 Å². The van der Waals surface area contributed by atoms with Crippen LogP contribution < -0.4 is 5.32 Å². The molecule has 3 aliphatic rings. The highest BCUT2D eigenvalue weighted by molar-refractivity contribution is 8.00. The zero-order valence-electron chi connectivity index (χ0n) is 10.4. The zero-order chi connectivity index (χ0) is 13.6. The smallest absolute Gasteiger partial charge is 0.327 e. The Morgan fingerprint density at radius 2 is 2.11 bits per heavy atom. The molecule has 0 aromatic heterocycles. The first-order chi connectivity index (χ1) is 9.08. The number of hydrogen-bond acceptors (Lipinski definition) is 4. The van der Waals surface area contributed by atoms with E-state index in [2.05, 4.69) is 5.32 Å². The number of hydrogen-bond donors (Lipinski definition) is 2. The molecule has 2 N–H and O–H groups in total. The van der Waals surface area contributed by atoms with E-state index in [-0.39, 0.29) is 23.6 Å². The van der Waals surface area contributed by atoms with E-state index in [0.717, 1.165) is 12.8 Å². The highest BCUT2D eigenvalue weighted by Gasteiger charge is 2.49. The summed E-state index contributed by atoms with van der Waals surface area (Å²) in [5.41, 5.74) is 0. The van der Waals surface area contributed by atoms with Gasteiger partial charge in [0, 0.05) is 18.7 Å². The van der Waals surface area contributed by atoms with Gasteiger partial charge >= 0.3 is 5.97 Å².